The van der Waals surface area contributed by atoms with Gasteiger partial charge in [0.25, 0.3) is 0 Å². The second kappa shape index (κ2) is 5.42. The fourth-order valence-corrected chi connectivity index (χ4v) is 3.16. The topological polar surface area (TPSA) is 25.2 Å². The fraction of sp³-hybridized carbons (Fsp3) is 0.600. The van der Waals surface area contributed by atoms with Crippen molar-refractivity contribution >= 4 is 34.4 Å². The third-order valence-corrected chi connectivity index (χ3v) is 4.04. The lowest BCUT2D eigenvalue weighted by atomic mass is 10.1. The van der Waals surface area contributed by atoms with Crippen LogP contribution in [0.1, 0.15) is 18.6 Å². The van der Waals surface area contributed by atoms with E-state index in [2.05, 4.69) is 39.7 Å². The van der Waals surface area contributed by atoms with E-state index in [1.807, 2.05) is 12.1 Å². The Hall–Kier alpha value is 0.320. The van der Waals surface area contributed by atoms with Crippen LogP contribution in [0.2, 0.25) is 0 Å². The Labute approximate surface area is 102 Å². The summed E-state index contributed by atoms with van der Waals surface area (Å²) in [5.41, 5.74) is 0. The Morgan fingerprint density at radius 1 is 1.43 bits per heavy atom. The van der Waals surface area contributed by atoms with Gasteiger partial charge in [-0.2, -0.15) is 11.8 Å². The van der Waals surface area contributed by atoms with Gasteiger partial charge in [-0.25, -0.2) is 0 Å². The van der Waals surface area contributed by atoms with Gasteiger partial charge in [-0.1, -0.05) is 0 Å². The summed E-state index contributed by atoms with van der Waals surface area (Å²) in [4.78, 5) is 0. The minimum atomic E-state index is 0.694. The first-order chi connectivity index (χ1) is 6.84. The fourth-order valence-electron chi connectivity index (χ4n) is 1.59. The van der Waals surface area contributed by atoms with E-state index < -0.39 is 0 Å². The zero-order chi connectivity index (χ0) is 9.80. The number of halogens is 1. The van der Waals surface area contributed by atoms with Gasteiger partial charge in [-0.15, -0.1) is 0 Å². The maximum atomic E-state index is 5.49. The molecule has 0 aliphatic carbocycles. The quantitative estimate of drug-likeness (QED) is 0.866. The second-order valence-electron chi connectivity index (χ2n) is 3.47. The summed E-state index contributed by atoms with van der Waals surface area (Å²) in [6, 6.07) is 4.75. The van der Waals surface area contributed by atoms with Crippen LogP contribution in [-0.2, 0) is 6.54 Å². The molecule has 1 aliphatic heterocycles. The summed E-state index contributed by atoms with van der Waals surface area (Å²) in [5, 5.41) is 3.54. The second-order valence-corrected chi connectivity index (χ2v) is 5.76. The Balaban J connectivity index is 1.76. The molecule has 1 aliphatic rings. The largest absolute Gasteiger partial charge is 0.454 e. The van der Waals surface area contributed by atoms with E-state index in [-0.39, 0.29) is 0 Å². The van der Waals surface area contributed by atoms with Gasteiger partial charge in [0.2, 0.25) is 0 Å². The monoisotopic (exact) mass is 323 g/mol. The molecule has 0 unspecified atom stereocenters. The third-order valence-electron chi connectivity index (χ3n) is 2.42. The maximum Gasteiger partial charge on any atom is 0.164 e. The number of nitrogens with one attached hydrogen (secondary N) is 1. The number of hydrogen-bond donors (Lipinski definition) is 1. The molecule has 0 spiro atoms. The molecule has 1 aromatic rings. The van der Waals surface area contributed by atoms with Crippen LogP contribution in [-0.4, -0.2) is 17.5 Å². The van der Waals surface area contributed by atoms with E-state index in [1.54, 1.807) is 0 Å². The van der Waals surface area contributed by atoms with Crippen molar-refractivity contribution in [1.82, 2.24) is 5.32 Å². The molecule has 1 saturated heterocycles. The molecule has 14 heavy (non-hydrogen) atoms. The smallest absolute Gasteiger partial charge is 0.164 e. The lowest BCUT2D eigenvalue weighted by molar-refractivity contribution is 0.419. The molecule has 2 heterocycles. The summed E-state index contributed by atoms with van der Waals surface area (Å²) in [5.74, 6) is 3.65. The van der Waals surface area contributed by atoms with E-state index in [0.717, 1.165) is 16.1 Å². The van der Waals surface area contributed by atoms with Crippen LogP contribution in [0.25, 0.3) is 0 Å². The van der Waals surface area contributed by atoms with Crippen molar-refractivity contribution in [3.63, 3.8) is 0 Å². The Morgan fingerprint density at radius 2 is 2.21 bits per heavy atom. The highest BCUT2D eigenvalue weighted by Crippen LogP contribution is 2.17. The number of thioether (sulfide) groups is 1. The van der Waals surface area contributed by atoms with Crippen molar-refractivity contribution in [3.05, 3.63) is 21.7 Å². The molecule has 2 nitrogen and oxygen atoms in total. The van der Waals surface area contributed by atoms with Gasteiger partial charge >= 0.3 is 0 Å². The summed E-state index contributed by atoms with van der Waals surface area (Å²) < 4.78 is 6.46. The van der Waals surface area contributed by atoms with Gasteiger partial charge in [0.1, 0.15) is 5.76 Å². The Bertz CT molecular complexity index is 283. The van der Waals surface area contributed by atoms with Crippen LogP contribution in [0.4, 0.5) is 0 Å². The van der Waals surface area contributed by atoms with E-state index in [4.69, 9.17) is 4.42 Å². The standard InChI is InChI=1S/C10H14INOS/c11-10-2-1-9(13-10)7-12-8-3-5-14-6-4-8/h1-2,8,12H,3-7H2. The minimum absolute atomic E-state index is 0.694. The Morgan fingerprint density at radius 3 is 2.86 bits per heavy atom. The molecule has 1 aromatic heterocycles. The zero-order valence-electron chi connectivity index (χ0n) is 7.96. The normalized spacial score (nSPS) is 18.6. The highest BCUT2D eigenvalue weighted by Gasteiger charge is 2.13. The third kappa shape index (κ3) is 3.17. The highest BCUT2D eigenvalue weighted by atomic mass is 127. The average Bonchev–Trinajstić information content (AvgIpc) is 2.63. The van der Waals surface area contributed by atoms with Crippen LogP contribution in [0.15, 0.2) is 16.5 Å². The van der Waals surface area contributed by atoms with E-state index in [0.29, 0.717) is 6.04 Å². The van der Waals surface area contributed by atoms with Crippen LogP contribution < -0.4 is 5.32 Å². The van der Waals surface area contributed by atoms with Gasteiger partial charge in [0.15, 0.2) is 3.77 Å². The lowest BCUT2D eigenvalue weighted by Gasteiger charge is -2.21. The first kappa shape index (κ1) is 10.8. The molecule has 2 rings (SSSR count). The van der Waals surface area contributed by atoms with Gasteiger partial charge in [-0.05, 0) is 59.1 Å². The SMILES string of the molecule is Ic1ccc(CNC2CCSCC2)o1. The number of hydrogen-bond acceptors (Lipinski definition) is 3. The van der Waals surface area contributed by atoms with Crippen molar-refractivity contribution in [2.24, 2.45) is 0 Å². The summed E-state index contributed by atoms with van der Waals surface area (Å²) in [7, 11) is 0. The number of furan rings is 1. The summed E-state index contributed by atoms with van der Waals surface area (Å²) in [6.45, 7) is 0.873. The molecule has 0 radical (unpaired) electrons. The van der Waals surface area contributed by atoms with Gasteiger partial charge in [-0.3, -0.25) is 0 Å². The highest BCUT2D eigenvalue weighted by molar-refractivity contribution is 14.1. The van der Waals surface area contributed by atoms with Gasteiger partial charge in [0.05, 0.1) is 6.54 Å². The predicted molar refractivity (Wildman–Crippen MR) is 68.6 cm³/mol. The van der Waals surface area contributed by atoms with E-state index in [1.165, 1.54) is 24.3 Å². The molecule has 0 atom stereocenters. The maximum absolute atomic E-state index is 5.49. The van der Waals surface area contributed by atoms with Crippen LogP contribution in [0.3, 0.4) is 0 Å². The first-order valence-electron chi connectivity index (χ1n) is 4.90. The van der Waals surface area contributed by atoms with Crippen LogP contribution in [0, 0.1) is 3.77 Å². The molecule has 1 N–H and O–H groups in total. The zero-order valence-corrected chi connectivity index (χ0v) is 10.9. The molecular weight excluding hydrogens is 309 g/mol. The van der Waals surface area contributed by atoms with E-state index in [9.17, 15) is 0 Å². The lowest BCUT2D eigenvalue weighted by Crippen LogP contribution is -2.31. The van der Waals surface area contributed by atoms with Crippen molar-refractivity contribution < 1.29 is 4.42 Å². The molecule has 1 fully saturated rings. The molecule has 4 heteroatoms. The van der Waals surface area contributed by atoms with Crippen molar-refractivity contribution in [1.29, 1.82) is 0 Å². The first-order valence-corrected chi connectivity index (χ1v) is 7.13. The predicted octanol–water partition coefficient (Wildman–Crippen LogP) is 2.87. The molecule has 0 saturated carbocycles. The average molecular weight is 323 g/mol. The van der Waals surface area contributed by atoms with Gasteiger partial charge < -0.3 is 9.73 Å². The molecule has 0 bridgehead atoms. The summed E-state index contributed by atoms with van der Waals surface area (Å²) in [6.07, 6.45) is 2.59. The van der Waals surface area contributed by atoms with Crippen molar-refractivity contribution in [3.8, 4) is 0 Å². The Kier molecular flexibility index (Phi) is 4.19. The molecular formula is C10H14INOS. The number of rotatable bonds is 3. The summed E-state index contributed by atoms with van der Waals surface area (Å²) >= 11 is 4.26. The molecule has 0 aromatic carbocycles. The minimum Gasteiger partial charge on any atom is -0.454 e. The van der Waals surface area contributed by atoms with E-state index >= 15 is 0 Å². The van der Waals surface area contributed by atoms with Crippen molar-refractivity contribution in [2.45, 2.75) is 25.4 Å². The van der Waals surface area contributed by atoms with Crippen LogP contribution in [0.5, 0.6) is 0 Å². The molecule has 0 amide bonds. The van der Waals surface area contributed by atoms with Gasteiger partial charge in [0, 0.05) is 6.04 Å². The van der Waals surface area contributed by atoms with Crippen molar-refractivity contribution in [2.75, 3.05) is 11.5 Å². The molecule has 78 valence electrons. The van der Waals surface area contributed by atoms with Crippen LogP contribution >= 0.6 is 34.4 Å².